The van der Waals surface area contributed by atoms with Gasteiger partial charge in [-0.2, -0.15) is 0 Å². The van der Waals surface area contributed by atoms with Crippen LogP contribution in [0, 0.1) is 0 Å². The van der Waals surface area contributed by atoms with Gasteiger partial charge < -0.3 is 9.47 Å². The Balaban J connectivity index is 0.00000137. The minimum Gasteiger partial charge on any atom is -0.383 e. The normalized spacial score (nSPS) is 17.7. The number of ether oxygens (including phenoxy) is 2. The van der Waals surface area contributed by atoms with E-state index in [4.69, 9.17) is 9.47 Å². The molecule has 1 heterocycles. The fourth-order valence-electron chi connectivity index (χ4n) is 1.87. The molecule has 0 spiro atoms. The van der Waals surface area contributed by atoms with Gasteiger partial charge in [-0.1, -0.05) is 13.8 Å². The summed E-state index contributed by atoms with van der Waals surface area (Å²) >= 11 is 0. The van der Waals surface area contributed by atoms with Gasteiger partial charge in [-0.25, -0.2) is 0 Å². The van der Waals surface area contributed by atoms with Crippen LogP contribution in [0.1, 0.15) is 27.7 Å². The van der Waals surface area contributed by atoms with Crippen LogP contribution in [-0.4, -0.2) is 75.5 Å². The highest BCUT2D eigenvalue weighted by Gasteiger charge is 2.15. The lowest BCUT2D eigenvalue weighted by atomic mass is 10.3. The van der Waals surface area contributed by atoms with Gasteiger partial charge in [0, 0.05) is 46.4 Å². The first-order valence-corrected chi connectivity index (χ1v) is 7.27. The molecule has 18 heavy (non-hydrogen) atoms. The standard InChI is InChI=1S/C12H26N2O2.C2H6/c1-12(2)16-11-9-14-6-4-13(5-7-14)8-10-15-3;1-2/h12H,4-11H2,1-3H3;1-2H3. The summed E-state index contributed by atoms with van der Waals surface area (Å²) in [5, 5.41) is 0. The SMILES string of the molecule is CC.COCCN1CCN(CCOC(C)C)CC1. The second kappa shape index (κ2) is 11.9. The van der Waals surface area contributed by atoms with Crippen molar-refractivity contribution in [3.05, 3.63) is 0 Å². The molecule has 1 fully saturated rings. The molecule has 0 atom stereocenters. The van der Waals surface area contributed by atoms with Crippen LogP contribution >= 0.6 is 0 Å². The zero-order valence-electron chi connectivity index (χ0n) is 12.9. The lowest BCUT2D eigenvalue weighted by molar-refractivity contribution is 0.0407. The number of nitrogens with zero attached hydrogens (tertiary/aromatic N) is 2. The van der Waals surface area contributed by atoms with Gasteiger partial charge in [0.05, 0.1) is 19.3 Å². The van der Waals surface area contributed by atoms with Crippen LogP contribution < -0.4 is 0 Å². The molecule has 0 amide bonds. The van der Waals surface area contributed by atoms with Gasteiger partial charge in [-0.05, 0) is 13.8 Å². The number of rotatable bonds is 7. The Bertz CT molecular complexity index is 169. The van der Waals surface area contributed by atoms with E-state index in [1.807, 2.05) is 13.8 Å². The van der Waals surface area contributed by atoms with Gasteiger partial charge in [0.2, 0.25) is 0 Å². The molecule has 0 aromatic heterocycles. The number of methoxy groups -OCH3 is 1. The first-order chi connectivity index (χ1) is 8.72. The predicted molar refractivity (Wildman–Crippen MR) is 77.2 cm³/mol. The van der Waals surface area contributed by atoms with Crippen molar-refractivity contribution in [2.45, 2.75) is 33.8 Å². The number of piperazine rings is 1. The first kappa shape index (κ1) is 17.8. The zero-order valence-corrected chi connectivity index (χ0v) is 12.9. The maximum atomic E-state index is 5.56. The molecule has 110 valence electrons. The largest absolute Gasteiger partial charge is 0.383 e. The highest BCUT2D eigenvalue weighted by atomic mass is 16.5. The van der Waals surface area contributed by atoms with Crippen molar-refractivity contribution in [1.29, 1.82) is 0 Å². The topological polar surface area (TPSA) is 24.9 Å². The van der Waals surface area contributed by atoms with E-state index in [0.29, 0.717) is 6.10 Å². The van der Waals surface area contributed by atoms with Crippen LogP contribution in [0.4, 0.5) is 0 Å². The van der Waals surface area contributed by atoms with Crippen LogP contribution in [-0.2, 0) is 9.47 Å². The Morgan fingerprint density at radius 1 is 0.889 bits per heavy atom. The summed E-state index contributed by atoms with van der Waals surface area (Å²) in [6, 6.07) is 0. The Hall–Kier alpha value is -0.160. The monoisotopic (exact) mass is 260 g/mol. The molecule has 1 rings (SSSR count). The van der Waals surface area contributed by atoms with Crippen LogP contribution in [0.25, 0.3) is 0 Å². The van der Waals surface area contributed by atoms with E-state index in [1.165, 1.54) is 0 Å². The van der Waals surface area contributed by atoms with Crippen molar-refractivity contribution in [1.82, 2.24) is 9.80 Å². The molecule has 4 heteroatoms. The lowest BCUT2D eigenvalue weighted by Crippen LogP contribution is -2.48. The van der Waals surface area contributed by atoms with E-state index in [9.17, 15) is 0 Å². The molecular formula is C14H32N2O2. The van der Waals surface area contributed by atoms with E-state index in [2.05, 4.69) is 23.6 Å². The highest BCUT2D eigenvalue weighted by Crippen LogP contribution is 2.01. The van der Waals surface area contributed by atoms with Crippen LogP contribution in [0.5, 0.6) is 0 Å². The molecule has 1 aliphatic rings. The van der Waals surface area contributed by atoms with Crippen molar-refractivity contribution < 1.29 is 9.47 Å². The molecule has 4 nitrogen and oxygen atoms in total. The smallest absolute Gasteiger partial charge is 0.0596 e. The van der Waals surface area contributed by atoms with Gasteiger partial charge in [0.25, 0.3) is 0 Å². The Morgan fingerprint density at radius 3 is 1.72 bits per heavy atom. The van der Waals surface area contributed by atoms with Crippen molar-refractivity contribution in [2.24, 2.45) is 0 Å². The van der Waals surface area contributed by atoms with Crippen LogP contribution in [0.15, 0.2) is 0 Å². The van der Waals surface area contributed by atoms with Gasteiger partial charge >= 0.3 is 0 Å². The predicted octanol–water partition coefficient (Wildman–Crippen LogP) is 1.70. The Kier molecular flexibility index (Phi) is 11.8. The second-order valence-corrected chi connectivity index (χ2v) is 4.60. The fraction of sp³-hybridized carbons (Fsp3) is 1.00. The van der Waals surface area contributed by atoms with Crippen molar-refractivity contribution >= 4 is 0 Å². The van der Waals surface area contributed by atoms with Gasteiger partial charge in [-0.3, -0.25) is 9.80 Å². The van der Waals surface area contributed by atoms with Crippen molar-refractivity contribution in [2.75, 3.05) is 59.6 Å². The second-order valence-electron chi connectivity index (χ2n) is 4.60. The summed E-state index contributed by atoms with van der Waals surface area (Å²) in [5.41, 5.74) is 0. The molecule has 0 saturated carbocycles. The molecule has 0 aliphatic carbocycles. The van der Waals surface area contributed by atoms with Crippen molar-refractivity contribution in [3.8, 4) is 0 Å². The third-order valence-electron chi connectivity index (χ3n) is 2.94. The van der Waals surface area contributed by atoms with E-state index < -0.39 is 0 Å². The van der Waals surface area contributed by atoms with Crippen molar-refractivity contribution in [3.63, 3.8) is 0 Å². The van der Waals surface area contributed by atoms with E-state index >= 15 is 0 Å². The van der Waals surface area contributed by atoms with Gasteiger partial charge in [0.15, 0.2) is 0 Å². The fourth-order valence-corrected chi connectivity index (χ4v) is 1.87. The zero-order chi connectivity index (χ0) is 13.8. The summed E-state index contributed by atoms with van der Waals surface area (Å²) in [5.74, 6) is 0. The Morgan fingerprint density at radius 2 is 1.33 bits per heavy atom. The highest BCUT2D eigenvalue weighted by molar-refractivity contribution is 4.71. The minimum atomic E-state index is 0.350. The third kappa shape index (κ3) is 8.86. The molecule has 0 bridgehead atoms. The summed E-state index contributed by atoms with van der Waals surface area (Å²) < 4.78 is 10.6. The van der Waals surface area contributed by atoms with Gasteiger partial charge in [-0.15, -0.1) is 0 Å². The minimum absolute atomic E-state index is 0.350. The maximum absolute atomic E-state index is 5.56. The summed E-state index contributed by atoms with van der Waals surface area (Å²) in [6.07, 6.45) is 0.350. The Labute approximate surface area is 113 Å². The average Bonchev–Trinajstić information content (AvgIpc) is 2.40. The quantitative estimate of drug-likeness (QED) is 0.695. The first-order valence-electron chi connectivity index (χ1n) is 7.27. The molecular weight excluding hydrogens is 228 g/mol. The van der Waals surface area contributed by atoms with Crippen LogP contribution in [0.3, 0.4) is 0 Å². The number of hydrogen-bond donors (Lipinski definition) is 0. The molecule has 0 N–H and O–H groups in total. The summed E-state index contributed by atoms with van der Waals surface area (Å²) in [6.45, 7) is 16.6. The van der Waals surface area contributed by atoms with E-state index in [0.717, 1.165) is 52.5 Å². The molecule has 1 aliphatic heterocycles. The van der Waals surface area contributed by atoms with Gasteiger partial charge in [0.1, 0.15) is 0 Å². The molecule has 0 aromatic carbocycles. The molecule has 1 saturated heterocycles. The van der Waals surface area contributed by atoms with E-state index in [1.54, 1.807) is 7.11 Å². The van der Waals surface area contributed by atoms with Crippen LogP contribution in [0.2, 0.25) is 0 Å². The lowest BCUT2D eigenvalue weighted by Gasteiger charge is -2.34. The molecule has 0 unspecified atom stereocenters. The van der Waals surface area contributed by atoms with E-state index in [-0.39, 0.29) is 0 Å². The number of hydrogen-bond acceptors (Lipinski definition) is 4. The summed E-state index contributed by atoms with van der Waals surface area (Å²) in [7, 11) is 1.76. The molecule has 0 aromatic rings. The third-order valence-corrected chi connectivity index (χ3v) is 2.94. The average molecular weight is 260 g/mol. The maximum Gasteiger partial charge on any atom is 0.0596 e. The summed E-state index contributed by atoms with van der Waals surface area (Å²) in [4.78, 5) is 4.94. The molecule has 0 radical (unpaired) electrons.